The summed E-state index contributed by atoms with van der Waals surface area (Å²) in [6.07, 6.45) is -0.769. The Morgan fingerprint density at radius 3 is 2.35 bits per heavy atom. The van der Waals surface area contributed by atoms with Crippen LogP contribution >= 0.6 is 0 Å². The summed E-state index contributed by atoms with van der Waals surface area (Å²) in [5.41, 5.74) is 5.29. The Balaban J connectivity index is 1.51. The number of alkyl halides is 3. The van der Waals surface area contributed by atoms with Crippen LogP contribution in [0.2, 0.25) is 0 Å². The molecule has 0 fully saturated rings. The van der Waals surface area contributed by atoms with Gasteiger partial charge in [0.1, 0.15) is 5.75 Å². The van der Waals surface area contributed by atoms with Gasteiger partial charge in [0.2, 0.25) is 0 Å². The summed E-state index contributed by atoms with van der Waals surface area (Å²) in [5, 5.41) is 13.1. The molecule has 10 heteroatoms. The molecule has 0 radical (unpaired) electrons. The van der Waals surface area contributed by atoms with Gasteiger partial charge in [-0.25, -0.2) is 4.68 Å². The molecule has 0 spiro atoms. The molecule has 4 rings (SSSR count). The molecule has 0 N–H and O–H groups in total. The molecule has 0 saturated carbocycles. The van der Waals surface area contributed by atoms with Crippen LogP contribution in [0.1, 0.15) is 28.3 Å². The minimum Gasteiger partial charge on any atom is -0.406 e. The Bertz CT molecular complexity index is 1230. The van der Waals surface area contributed by atoms with Crippen molar-refractivity contribution in [3.8, 4) is 17.1 Å². The van der Waals surface area contributed by atoms with Gasteiger partial charge < -0.3 is 4.74 Å². The summed E-state index contributed by atoms with van der Waals surface area (Å²) in [6.45, 7) is 5.51. The van der Waals surface area contributed by atoms with E-state index in [0.29, 0.717) is 23.4 Å². The third-order valence-corrected chi connectivity index (χ3v) is 4.60. The van der Waals surface area contributed by atoms with Gasteiger partial charge in [0, 0.05) is 18.3 Å². The molecule has 31 heavy (non-hydrogen) atoms. The van der Waals surface area contributed by atoms with E-state index in [1.54, 1.807) is 17.8 Å². The molecule has 0 aliphatic carbocycles. The number of halogens is 3. The van der Waals surface area contributed by atoms with Crippen LogP contribution in [0, 0.1) is 20.8 Å². The van der Waals surface area contributed by atoms with Gasteiger partial charge in [0.25, 0.3) is 0 Å². The second kappa shape index (κ2) is 7.86. The van der Waals surface area contributed by atoms with Crippen LogP contribution in [0.3, 0.4) is 0 Å². The van der Waals surface area contributed by atoms with Crippen LogP contribution in [0.15, 0.2) is 48.8 Å². The lowest BCUT2D eigenvalue weighted by Gasteiger charge is -2.11. The van der Waals surface area contributed by atoms with Crippen LogP contribution in [0.4, 0.5) is 13.2 Å². The maximum atomic E-state index is 12.4. The summed E-state index contributed by atoms with van der Waals surface area (Å²) in [7, 11) is 0. The lowest BCUT2D eigenvalue weighted by atomic mass is 10.2. The molecule has 3 heterocycles. The summed E-state index contributed by atoms with van der Waals surface area (Å²) in [6, 6.07) is 9.82. The molecule has 0 atom stereocenters. The quantitative estimate of drug-likeness (QED) is 0.475. The highest BCUT2D eigenvalue weighted by molar-refractivity contribution is 5.44. The van der Waals surface area contributed by atoms with Crippen LogP contribution in [-0.2, 0) is 6.42 Å². The van der Waals surface area contributed by atoms with Crippen molar-refractivity contribution in [3.63, 3.8) is 0 Å². The summed E-state index contributed by atoms with van der Waals surface area (Å²) < 4.78 is 42.9. The highest BCUT2D eigenvalue weighted by atomic mass is 19.4. The number of hydrogen-bond donors (Lipinski definition) is 0. The van der Waals surface area contributed by atoms with E-state index in [-0.39, 0.29) is 5.75 Å². The van der Waals surface area contributed by atoms with Crippen molar-refractivity contribution >= 4 is 0 Å². The average molecular weight is 428 g/mol. The zero-order valence-corrected chi connectivity index (χ0v) is 17.1. The molecule has 0 amide bonds. The molecule has 0 bridgehead atoms. The number of hydrogen-bond acceptors (Lipinski definition) is 5. The number of benzene rings is 1. The van der Waals surface area contributed by atoms with Crippen molar-refractivity contribution in [1.29, 1.82) is 0 Å². The predicted octanol–water partition coefficient (Wildman–Crippen LogP) is 4.26. The van der Waals surface area contributed by atoms with E-state index in [0.717, 1.165) is 22.8 Å². The van der Waals surface area contributed by atoms with Crippen molar-refractivity contribution in [2.24, 2.45) is 0 Å². The van der Waals surface area contributed by atoms with E-state index in [9.17, 15) is 13.2 Å². The summed E-state index contributed by atoms with van der Waals surface area (Å²) >= 11 is 0. The molecular weight excluding hydrogens is 409 g/mol. The summed E-state index contributed by atoms with van der Waals surface area (Å²) in [5.74, 6) is -0.284. The first-order chi connectivity index (χ1) is 14.7. The van der Waals surface area contributed by atoms with Crippen LogP contribution < -0.4 is 4.74 Å². The van der Waals surface area contributed by atoms with Crippen molar-refractivity contribution in [1.82, 2.24) is 29.8 Å². The third-order valence-electron chi connectivity index (χ3n) is 4.60. The van der Waals surface area contributed by atoms with E-state index >= 15 is 0 Å². The number of pyridine rings is 1. The minimum absolute atomic E-state index is 0.284. The van der Waals surface area contributed by atoms with Crippen molar-refractivity contribution < 1.29 is 17.9 Å². The van der Waals surface area contributed by atoms with E-state index in [2.05, 4.69) is 25.0 Å². The second-order valence-corrected chi connectivity index (χ2v) is 7.11. The van der Waals surface area contributed by atoms with E-state index < -0.39 is 6.36 Å². The normalized spacial score (nSPS) is 11.7. The first-order valence-electron chi connectivity index (χ1n) is 9.45. The zero-order valence-electron chi connectivity index (χ0n) is 17.1. The number of aromatic nitrogens is 6. The first-order valence-corrected chi connectivity index (χ1v) is 9.45. The fourth-order valence-electron chi connectivity index (χ4n) is 3.22. The van der Waals surface area contributed by atoms with Gasteiger partial charge in [-0.1, -0.05) is 0 Å². The largest absolute Gasteiger partial charge is 0.573 e. The number of aryl methyl sites for hydroxylation is 3. The Labute approximate surface area is 176 Å². The highest BCUT2D eigenvalue weighted by Gasteiger charge is 2.31. The van der Waals surface area contributed by atoms with Crippen molar-refractivity contribution in [2.45, 2.75) is 33.6 Å². The van der Waals surface area contributed by atoms with E-state index in [1.807, 2.05) is 38.2 Å². The molecular formula is C21H19F3N6O. The lowest BCUT2D eigenvalue weighted by molar-refractivity contribution is -0.274. The van der Waals surface area contributed by atoms with Gasteiger partial charge in [-0.05, 0) is 62.7 Å². The van der Waals surface area contributed by atoms with E-state index in [4.69, 9.17) is 0 Å². The maximum Gasteiger partial charge on any atom is 0.573 e. The molecule has 7 nitrogen and oxygen atoms in total. The fraction of sp³-hybridized carbons (Fsp3) is 0.238. The molecule has 0 saturated heterocycles. The first kappa shape index (κ1) is 20.6. The van der Waals surface area contributed by atoms with Gasteiger partial charge >= 0.3 is 6.36 Å². The Morgan fingerprint density at radius 1 is 0.935 bits per heavy atom. The second-order valence-electron chi connectivity index (χ2n) is 7.11. The Hall–Kier alpha value is -3.69. The van der Waals surface area contributed by atoms with Crippen LogP contribution in [0.25, 0.3) is 11.4 Å². The molecule has 160 valence electrons. The van der Waals surface area contributed by atoms with Gasteiger partial charge in [-0.2, -0.15) is 20.1 Å². The fourth-order valence-corrected chi connectivity index (χ4v) is 3.22. The topological polar surface area (TPSA) is 70.7 Å². The van der Waals surface area contributed by atoms with Crippen molar-refractivity contribution in [3.05, 3.63) is 77.1 Å². The highest BCUT2D eigenvalue weighted by Crippen LogP contribution is 2.26. The van der Waals surface area contributed by atoms with Crippen molar-refractivity contribution in [2.75, 3.05) is 0 Å². The minimum atomic E-state index is -4.73. The van der Waals surface area contributed by atoms with Gasteiger partial charge in [-0.3, -0.25) is 4.98 Å². The third kappa shape index (κ3) is 4.73. The maximum absolute atomic E-state index is 12.4. The summed E-state index contributed by atoms with van der Waals surface area (Å²) in [4.78, 5) is 6.02. The monoisotopic (exact) mass is 428 g/mol. The predicted molar refractivity (Wildman–Crippen MR) is 106 cm³/mol. The molecule has 4 aromatic rings. The number of ether oxygens (including phenoxy) is 1. The van der Waals surface area contributed by atoms with Crippen LogP contribution in [0.5, 0.6) is 5.75 Å². The number of nitrogens with zero attached hydrogens (tertiary/aromatic N) is 6. The standard InChI is InChI=1S/C21H19F3N6O/c1-13-10-18(31-21(22,23)24)5-7-19(13)30-25-12-17(28-30)11-16-4-6-20(15(3)26-16)29-9-8-14(2)27-29/h4-10,12H,11H2,1-3H3. The van der Waals surface area contributed by atoms with Gasteiger partial charge in [0.15, 0.2) is 0 Å². The lowest BCUT2D eigenvalue weighted by Crippen LogP contribution is -2.17. The Morgan fingerprint density at radius 2 is 1.71 bits per heavy atom. The molecule has 3 aromatic heterocycles. The van der Waals surface area contributed by atoms with Crippen LogP contribution in [-0.4, -0.2) is 36.1 Å². The molecule has 0 aliphatic heterocycles. The Kier molecular flexibility index (Phi) is 5.22. The zero-order chi connectivity index (χ0) is 22.2. The SMILES string of the molecule is Cc1ccn(-c2ccc(Cc3cnn(-c4ccc(OC(F)(F)F)cc4C)n3)nc2C)n1. The molecule has 0 unspecified atom stereocenters. The van der Waals surface area contributed by atoms with E-state index in [1.165, 1.54) is 23.0 Å². The smallest absolute Gasteiger partial charge is 0.406 e. The molecule has 0 aliphatic rings. The number of rotatable bonds is 5. The van der Waals surface area contributed by atoms with Gasteiger partial charge in [-0.15, -0.1) is 13.2 Å². The average Bonchev–Trinajstić information content (AvgIpc) is 3.30. The van der Waals surface area contributed by atoms with Gasteiger partial charge in [0.05, 0.1) is 34.7 Å². The molecule has 1 aromatic carbocycles.